The van der Waals surface area contributed by atoms with Gasteiger partial charge in [-0.05, 0) is 24.2 Å². The van der Waals surface area contributed by atoms with Crippen LogP contribution in [0.5, 0.6) is 0 Å². The smallest absolute Gasteiger partial charge is 0.332 e. The minimum atomic E-state index is -0.604. The van der Waals surface area contributed by atoms with E-state index >= 15 is 0 Å². The Morgan fingerprint density at radius 2 is 2.07 bits per heavy atom. The van der Waals surface area contributed by atoms with Crippen LogP contribution in [0.2, 0.25) is 0 Å². The standard InChI is InChI=1S/C11H21N3O/c1-7(13-14-9(12)15)8-6-11(8,5)10(2,3)4/h8H,6H2,1-5H3,(H3,12,14,15)/b13-7+/t8-,11-/m1/s1. The van der Waals surface area contributed by atoms with Crippen LogP contribution >= 0.6 is 0 Å². The molecule has 15 heavy (non-hydrogen) atoms. The van der Waals surface area contributed by atoms with Gasteiger partial charge in [0.1, 0.15) is 0 Å². The predicted octanol–water partition coefficient (Wildman–Crippen LogP) is 2.10. The Balaban J connectivity index is 2.64. The van der Waals surface area contributed by atoms with Crippen LogP contribution in [0.25, 0.3) is 0 Å². The second-order valence-corrected chi connectivity index (χ2v) is 5.65. The fraction of sp³-hybridized carbons (Fsp3) is 0.818. The number of nitrogens with zero attached hydrogens (tertiary/aromatic N) is 1. The number of urea groups is 1. The zero-order chi connectivity index (χ0) is 11.9. The van der Waals surface area contributed by atoms with E-state index in [0.717, 1.165) is 12.1 Å². The van der Waals surface area contributed by atoms with Crippen LogP contribution in [0.4, 0.5) is 4.79 Å². The molecule has 0 saturated heterocycles. The molecule has 0 unspecified atom stereocenters. The Morgan fingerprint density at radius 3 is 2.40 bits per heavy atom. The molecule has 1 rings (SSSR count). The maximum Gasteiger partial charge on any atom is 0.332 e. The zero-order valence-corrected chi connectivity index (χ0v) is 10.2. The van der Waals surface area contributed by atoms with Crippen molar-refractivity contribution in [2.24, 2.45) is 27.6 Å². The second kappa shape index (κ2) is 3.51. The molecule has 4 heteroatoms. The number of primary amides is 1. The lowest BCUT2D eigenvalue weighted by molar-refractivity contribution is 0.226. The topological polar surface area (TPSA) is 67.5 Å². The number of carbonyl (C=O) groups excluding carboxylic acids is 1. The van der Waals surface area contributed by atoms with Gasteiger partial charge in [0, 0.05) is 11.6 Å². The van der Waals surface area contributed by atoms with Gasteiger partial charge in [0.2, 0.25) is 0 Å². The maximum atomic E-state index is 10.5. The molecule has 0 bridgehead atoms. The van der Waals surface area contributed by atoms with Gasteiger partial charge in [0.05, 0.1) is 0 Å². The normalized spacial score (nSPS) is 31.3. The lowest BCUT2D eigenvalue weighted by Crippen LogP contribution is -2.27. The number of rotatable bonds is 2. The van der Waals surface area contributed by atoms with Crippen molar-refractivity contribution in [3.63, 3.8) is 0 Å². The molecule has 1 saturated carbocycles. The largest absolute Gasteiger partial charge is 0.350 e. The van der Waals surface area contributed by atoms with Gasteiger partial charge in [-0.15, -0.1) is 0 Å². The highest BCUT2D eigenvalue weighted by Crippen LogP contribution is 2.63. The molecule has 0 aromatic heterocycles. The van der Waals surface area contributed by atoms with Crippen molar-refractivity contribution in [2.75, 3.05) is 0 Å². The van der Waals surface area contributed by atoms with Gasteiger partial charge in [-0.2, -0.15) is 5.10 Å². The summed E-state index contributed by atoms with van der Waals surface area (Å²) in [6, 6.07) is -0.604. The fourth-order valence-electron chi connectivity index (χ4n) is 2.02. The molecule has 0 heterocycles. The van der Waals surface area contributed by atoms with Crippen LogP contribution in [0.1, 0.15) is 41.0 Å². The highest BCUT2D eigenvalue weighted by Gasteiger charge is 2.58. The Bertz CT molecular complexity index is 303. The van der Waals surface area contributed by atoms with Gasteiger partial charge >= 0.3 is 6.03 Å². The molecule has 1 aliphatic carbocycles. The summed E-state index contributed by atoms with van der Waals surface area (Å²) < 4.78 is 0. The van der Waals surface area contributed by atoms with Crippen molar-refractivity contribution >= 4 is 11.7 Å². The van der Waals surface area contributed by atoms with Gasteiger partial charge in [0.25, 0.3) is 0 Å². The summed E-state index contributed by atoms with van der Waals surface area (Å²) in [5.74, 6) is 0.462. The minimum Gasteiger partial charge on any atom is -0.350 e. The Labute approximate surface area is 91.3 Å². The average molecular weight is 211 g/mol. The van der Waals surface area contributed by atoms with Gasteiger partial charge in [0.15, 0.2) is 0 Å². The van der Waals surface area contributed by atoms with Crippen molar-refractivity contribution in [2.45, 2.75) is 41.0 Å². The molecule has 0 spiro atoms. The number of hydrogen-bond donors (Lipinski definition) is 2. The SMILES string of the molecule is C/C(=N\NC(N)=O)[C@H]1C[C@@]1(C)C(C)(C)C. The maximum absolute atomic E-state index is 10.5. The first-order chi connectivity index (χ1) is 6.68. The van der Waals surface area contributed by atoms with E-state index in [1.807, 2.05) is 6.92 Å². The van der Waals surface area contributed by atoms with E-state index in [2.05, 4.69) is 38.2 Å². The summed E-state index contributed by atoms with van der Waals surface area (Å²) in [5.41, 5.74) is 8.76. The van der Waals surface area contributed by atoms with Crippen LogP contribution < -0.4 is 11.2 Å². The van der Waals surface area contributed by atoms with Crippen LogP contribution in [0.15, 0.2) is 5.10 Å². The highest BCUT2D eigenvalue weighted by atomic mass is 16.2. The molecule has 2 atom stereocenters. The van der Waals surface area contributed by atoms with E-state index in [4.69, 9.17) is 5.73 Å². The number of nitrogens with one attached hydrogen (secondary N) is 1. The molecule has 4 nitrogen and oxygen atoms in total. The van der Waals surface area contributed by atoms with Gasteiger partial charge < -0.3 is 5.73 Å². The third kappa shape index (κ3) is 2.30. The fourth-order valence-corrected chi connectivity index (χ4v) is 2.02. The molecule has 2 amide bonds. The Kier molecular flexibility index (Phi) is 2.81. The molecule has 0 aliphatic heterocycles. The predicted molar refractivity (Wildman–Crippen MR) is 61.5 cm³/mol. The van der Waals surface area contributed by atoms with Crippen molar-refractivity contribution in [1.29, 1.82) is 0 Å². The van der Waals surface area contributed by atoms with E-state index in [9.17, 15) is 4.79 Å². The molecular formula is C11H21N3O. The summed E-state index contributed by atoms with van der Waals surface area (Å²) in [6.07, 6.45) is 1.13. The van der Waals surface area contributed by atoms with Crippen molar-refractivity contribution in [3.05, 3.63) is 0 Å². The summed E-state index contributed by atoms with van der Waals surface area (Å²) in [6.45, 7) is 10.9. The van der Waals surface area contributed by atoms with Crippen molar-refractivity contribution in [1.82, 2.24) is 5.43 Å². The summed E-state index contributed by atoms with van der Waals surface area (Å²) in [7, 11) is 0. The Morgan fingerprint density at radius 1 is 1.53 bits per heavy atom. The van der Waals surface area contributed by atoms with Crippen LogP contribution in [0.3, 0.4) is 0 Å². The molecule has 0 aromatic carbocycles. The lowest BCUT2D eigenvalue weighted by atomic mass is 9.77. The number of nitrogens with two attached hydrogens (primary N) is 1. The van der Waals surface area contributed by atoms with Gasteiger partial charge in [-0.25, -0.2) is 10.2 Å². The van der Waals surface area contributed by atoms with Crippen LogP contribution in [-0.2, 0) is 0 Å². The number of hydrogen-bond acceptors (Lipinski definition) is 2. The third-order valence-corrected chi connectivity index (χ3v) is 3.80. The third-order valence-electron chi connectivity index (χ3n) is 3.80. The first-order valence-corrected chi connectivity index (χ1v) is 5.28. The van der Waals surface area contributed by atoms with E-state index in [0.29, 0.717) is 11.3 Å². The molecule has 3 N–H and O–H groups in total. The van der Waals surface area contributed by atoms with Crippen LogP contribution in [0, 0.1) is 16.7 Å². The van der Waals surface area contributed by atoms with Crippen molar-refractivity contribution in [3.8, 4) is 0 Å². The summed E-state index contributed by atoms with van der Waals surface area (Å²) in [5, 5.41) is 3.99. The monoisotopic (exact) mass is 211 g/mol. The van der Waals surface area contributed by atoms with E-state index < -0.39 is 6.03 Å². The number of amides is 2. The molecule has 0 aromatic rings. The molecule has 1 aliphatic rings. The average Bonchev–Trinajstić information content (AvgIpc) is 2.74. The van der Waals surface area contributed by atoms with Gasteiger partial charge in [-0.3, -0.25) is 0 Å². The number of hydrazone groups is 1. The highest BCUT2D eigenvalue weighted by molar-refractivity contribution is 5.89. The number of carbonyl (C=O) groups is 1. The zero-order valence-electron chi connectivity index (χ0n) is 10.2. The van der Waals surface area contributed by atoms with E-state index in [-0.39, 0.29) is 5.41 Å². The van der Waals surface area contributed by atoms with Crippen LogP contribution in [-0.4, -0.2) is 11.7 Å². The first-order valence-electron chi connectivity index (χ1n) is 5.28. The Hall–Kier alpha value is -1.06. The quantitative estimate of drug-likeness (QED) is 0.533. The minimum absolute atomic E-state index is 0.265. The summed E-state index contributed by atoms with van der Waals surface area (Å²) >= 11 is 0. The lowest BCUT2D eigenvalue weighted by Gasteiger charge is -2.28. The molecule has 86 valence electrons. The van der Waals surface area contributed by atoms with Gasteiger partial charge in [-0.1, -0.05) is 27.7 Å². The molecule has 1 fully saturated rings. The molecule has 0 radical (unpaired) electrons. The van der Waals surface area contributed by atoms with Crippen molar-refractivity contribution < 1.29 is 4.79 Å². The molecular weight excluding hydrogens is 190 g/mol. The van der Waals surface area contributed by atoms with E-state index in [1.165, 1.54) is 0 Å². The second-order valence-electron chi connectivity index (χ2n) is 5.65. The summed E-state index contributed by atoms with van der Waals surface area (Å²) in [4.78, 5) is 10.5. The first kappa shape index (κ1) is 12.0. The van der Waals surface area contributed by atoms with E-state index in [1.54, 1.807) is 0 Å².